The summed E-state index contributed by atoms with van der Waals surface area (Å²) in [7, 11) is 0. The molecule has 0 saturated carbocycles. The fourth-order valence-corrected chi connectivity index (χ4v) is 2.40. The molecule has 0 aliphatic carbocycles. The van der Waals surface area contributed by atoms with Gasteiger partial charge >= 0.3 is 0 Å². The highest BCUT2D eigenvalue weighted by atomic mass is 19.1. The molecule has 0 radical (unpaired) electrons. The topological polar surface area (TPSA) is 50.4 Å². The van der Waals surface area contributed by atoms with Gasteiger partial charge in [0.2, 0.25) is 0 Å². The summed E-state index contributed by atoms with van der Waals surface area (Å²) >= 11 is 0. The van der Waals surface area contributed by atoms with Gasteiger partial charge in [-0.1, -0.05) is 0 Å². The number of nitrogens with one attached hydrogen (secondary N) is 2. The number of carbonyl (C=O) groups is 1. The van der Waals surface area contributed by atoms with E-state index in [2.05, 4.69) is 10.6 Å². The maximum atomic E-state index is 13.8. The number of hydrogen-bond donors (Lipinski definition) is 2. The van der Waals surface area contributed by atoms with Gasteiger partial charge in [-0.25, -0.2) is 8.78 Å². The van der Waals surface area contributed by atoms with Crippen LogP contribution in [-0.4, -0.2) is 31.7 Å². The predicted octanol–water partition coefficient (Wildman–Crippen LogP) is 2.55. The smallest absolute Gasteiger partial charge is 0.251 e. The summed E-state index contributed by atoms with van der Waals surface area (Å²) in [5.74, 6) is -1.77. The van der Waals surface area contributed by atoms with Gasteiger partial charge in [0.15, 0.2) is 0 Å². The fourth-order valence-electron chi connectivity index (χ4n) is 2.40. The lowest BCUT2D eigenvalue weighted by atomic mass is 10.0. The molecule has 2 rings (SSSR count). The Hall–Kier alpha value is -1.69. The van der Waals surface area contributed by atoms with Crippen molar-refractivity contribution in [2.75, 3.05) is 25.1 Å². The normalized spacial score (nSPS) is 19.3. The Morgan fingerprint density at radius 1 is 1.43 bits per heavy atom. The minimum Gasteiger partial charge on any atom is -0.381 e. The molecule has 0 spiro atoms. The van der Waals surface area contributed by atoms with E-state index in [1.165, 1.54) is 0 Å². The molecule has 2 N–H and O–H groups in total. The second kappa shape index (κ2) is 6.85. The molecule has 0 bridgehead atoms. The second-order valence-corrected chi connectivity index (χ2v) is 5.23. The van der Waals surface area contributed by atoms with Crippen LogP contribution in [0.15, 0.2) is 12.1 Å². The zero-order valence-corrected chi connectivity index (χ0v) is 12.2. The van der Waals surface area contributed by atoms with Crippen LogP contribution in [0.1, 0.15) is 30.6 Å². The van der Waals surface area contributed by atoms with Crippen molar-refractivity contribution >= 4 is 11.6 Å². The van der Waals surface area contributed by atoms with Crippen LogP contribution in [0.5, 0.6) is 0 Å². The standard InChI is InChI=1S/C15H20F2N2O2/c1-3-18-14-12(16)6-11(7-13(14)17)15(20)19-9(2)10-4-5-21-8-10/h6-7,9-10,18H,3-5,8H2,1-2H3,(H,19,20). The van der Waals surface area contributed by atoms with Crippen molar-refractivity contribution < 1.29 is 18.3 Å². The van der Waals surface area contributed by atoms with E-state index >= 15 is 0 Å². The molecule has 2 unspecified atom stereocenters. The Morgan fingerprint density at radius 3 is 2.62 bits per heavy atom. The van der Waals surface area contributed by atoms with Crippen molar-refractivity contribution in [3.8, 4) is 0 Å². The van der Waals surface area contributed by atoms with E-state index in [1.54, 1.807) is 6.92 Å². The lowest BCUT2D eigenvalue weighted by molar-refractivity contribution is 0.0921. The third-order valence-electron chi connectivity index (χ3n) is 3.69. The van der Waals surface area contributed by atoms with Gasteiger partial charge in [0.25, 0.3) is 5.91 Å². The summed E-state index contributed by atoms with van der Waals surface area (Å²) in [6.45, 7) is 5.30. The number of hydrogen-bond acceptors (Lipinski definition) is 3. The molecule has 1 heterocycles. The number of rotatable bonds is 5. The van der Waals surface area contributed by atoms with Gasteiger partial charge in [-0.15, -0.1) is 0 Å². The molecule has 1 aromatic rings. The molecule has 1 fully saturated rings. The number of ether oxygens (including phenoxy) is 1. The quantitative estimate of drug-likeness (QED) is 0.878. The minimum absolute atomic E-state index is 0.0163. The predicted molar refractivity (Wildman–Crippen MR) is 76.4 cm³/mol. The van der Waals surface area contributed by atoms with Crippen molar-refractivity contribution in [1.29, 1.82) is 0 Å². The van der Waals surface area contributed by atoms with Gasteiger partial charge in [0.1, 0.15) is 17.3 Å². The van der Waals surface area contributed by atoms with E-state index in [4.69, 9.17) is 4.74 Å². The minimum atomic E-state index is -0.765. The molecule has 1 aromatic carbocycles. The van der Waals surface area contributed by atoms with E-state index in [9.17, 15) is 13.6 Å². The maximum Gasteiger partial charge on any atom is 0.251 e. The van der Waals surface area contributed by atoms with Gasteiger partial charge in [-0.3, -0.25) is 4.79 Å². The molecular weight excluding hydrogens is 278 g/mol. The van der Waals surface area contributed by atoms with E-state index in [1.807, 2.05) is 6.92 Å². The Bertz CT molecular complexity index is 493. The lowest BCUT2D eigenvalue weighted by Gasteiger charge is -2.19. The van der Waals surface area contributed by atoms with Gasteiger partial charge in [-0.05, 0) is 32.4 Å². The van der Waals surface area contributed by atoms with Crippen molar-refractivity contribution in [2.45, 2.75) is 26.3 Å². The van der Waals surface area contributed by atoms with Crippen molar-refractivity contribution in [3.63, 3.8) is 0 Å². The summed E-state index contributed by atoms with van der Waals surface area (Å²) in [4.78, 5) is 12.1. The van der Waals surface area contributed by atoms with E-state index < -0.39 is 17.5 Å². The van der Waals surface area contributed by atoms with Crippen molar-refractivity contribution in [1.82, 2.24) is 5.32 Å². The molecule has 1 saturated heterocycles. The van der Waals surface area contributed by atoms with E-state index in [-0.39, 0.29) is 23.2 Å². The third kappa shape index (κ3) is 3.69. The molecule has 1 aliphatic heterocycles. The summed E-state index contributed by atoms with van der Waals surface area (Å²) in [5, 5.41) is 5.37. The highest BCUT2D eigenvalue weighted by molar-refractivity contribution is 5.94. The molecular formula is C15H20F2N2O2. The second-order valence-electron chi connectivity index (χ2n) is 5.23. The van der Waals surface area contributed by atoms with Crippen LogP contribution < -0.4 is 10.6 Å². The number of benzene rings is 1. The van der Waals surface area contributed by atoms with Crippen LogP contribution in [0.2, 0.25) is 0 Å². The first kappa shape index (κ1) is 15.7. The van der Waals surface area contributed by atoms with Gasteiger partial charge < -0.3 is 15.4 Å². The number of carbonyl (C=O) groups excluding carboxylic acids is 1. The summed E-state index contributed by atoms with van der Waals surface area (Å²) in [6, 6.07) is 2.00. The molecule has 116 valence electrons. The maximum absolute atomic E-state index is 13.8. The summed E-state index contributed by atoms with van der Waals surface area (Å²) < 4.78 is 32.9. The molecule has 1 amide bonds. The zero-order valence-electron chi connectivity index (χ0n) is 12.2. The largest absolute Gasteiger partial charge is 0.381 e. The molecule has 0 aromatic heterocycles. The Morgan fingerprint density at radius 2 is 2.10 bits per heavy atom. The van der Waals surface area contributed by atoms with E-state index in [0.29, 0.717) is 19.8 Å². The molecule has 6 heteroatoms. The number of anilines is 1. The lowest BCUT2D eigenvalue weighted by Crippen LogP contribution is -2.38. The van der Waals surface area contributed by atoms with Crippen LogP contribution >= 0.6 is 0 Å². The first-order valence-corrected chi connectivity index (χ1v) is 7.14. The van der Waals surface area contributed by atoms with Crippen LogP contribution in [0.25, 0.3) is 0 Å². The van der Waals surface area contributed by atoms with Crippen molar-refractivity contribution in [2.24, 2.45) is 5.92 Å². The van der Waals surface area contributed by atoms with Crippen LogP contribution in [0.3, 0.4) is 0 Å². The Kier molecular flexibility index (Phi) is 5.12. The van der Waals surface area contributed by atoms with Crippen molar-refractivity contribution in [3.05, 3.63) is 29.3 Å². The van der Waals surface area contributed by atoms with Gasteiger partial charge in [0, 0.05) is 30.7 Å². The fraction of sp³-hybridized carbons (Fsp3) is 0.533. The Labute approximate surface area is 122 Å². The average molecular weight is 298 g/mol. The number of halogens is 2. The third-order valence-corrected chi connectivity index (χ3v) is 3.69. The number of amides is 1. The highest BCUT2D eigenvalue weighted by Crippen LogP contribution is 2.21. The van der Waals surface area contributed by atoms with E-state index in [0.717, 1.165) is 18.6 Å². The van der Waals surface area contributed by atoms with Crippen LogP contribution in [0, 0.1) is 17.6 Å². The van der Waals surface area contributed by atoms with Crippen LogP contribution in [-0.2, 0) is 4.74 Å². The first-order chi connectivity index (χ1) is 10.0. The average Bonchev–Trinajstić information content (AvgIpc) is 2.96. The first-order valence-electron chi connectivity index (χ1n) is 7.14. The van der Waals surface area contributed by atoms with Gasteiger partial charge in [-0.2, -0.15) is 0 Å². The zero-order chi connectivity index (χ0) is 15.4. The highest BCUT2D eigenvalue weighted by Gasteiger charge is 2.24. The monoisotopic (exact) mass is 298 g/mol. The Balaban J connectivity index is 2.08. The SMILES string of the molecule is CCNc1c(F)cc(C(=O)NC(C)C2CCOC2)cc1F. The van der Waals surface area contributed by atoms with Gasteiger partial charge in [0.05, 0.1) is 6.61 Å². The summed E-state index contributed by atoms with van der Waals surface area (Å²) in [6.07, 6.45) is 0.878. The molecule has 4 nitrogen and oxygen atoms in total. The molecule has 2 atom stereocenters. The summed E-state index contributed by atoms with van der Waals surface area (Å²) in [5.41, 5.74) is -0.219. The van der Waals surface area contributed by atoms with Crippen LogP contribution in [0.4, 0.5) is 14.5 Å². The molecule has 1 aliphatic rings. The molecule has 21 heavy (non-hydrogen) atoms.